The molecule has 5 rings (SSSR count). The fourth-order valence-corrected chi connectivity index (χ4v) is 5.01. The van der Waals surface area contributed by atoms with Crippen LogP contribution in [-0.4, -0.2) is 43.1 Å². The number of rotatable bonds is 2. The Bertz CT molecular complexity index is 1300. The van der Waals surface area contributed by atoms with Gasteiger partial charge in [-0.2, -0.15) is 5.26 Å². The van der Waals surface area contributed by atoms with Crippen LogP contribution in [0, 0.1) is 28.4 Å². The van der Waals surface area contributed by atoms with Crippen molar-refractivity contribution in [3.8, 4) is 17.3 Å². The van der Waals surface area contributed by atoms with Crippen molar-refractivity contribution in [1.29, 1.82) is 5.26 Å². The Balaban J connectivity index is 1.59. The molecule has 0 aliphatic carbocycles. The number of hydrogen-bond donors (Lipinski definition) is 1. The Morgan fingerprint density at radius 1 is 1.17 bits per heavy atom. The number of H-pyrrole nitrogens is 1. The summed E-state index contributed by atoms with van der Waals surface area (Å²) in [7, 11) is 2.01. The number of fused-ring (bicyclic) bond motifs is 1. The van der Waals surface area contributed by atoms with Gasteiger partial charge in [0.2, 0.25) is 0 Å². The van der Waals surface area contributed by atoms with Crippen LogP contribution < -0.4 is 10.3 Å². The minimum Gasteiger partial charge on any atom is -0.365 e. The van der Waals surface area contributed by atoms with Gasteiger partial charge in [-0.3, -0.25) is 4.79 Å². The number of nitrogens with zero attached hydrogens (tertiary/aromatic N) is 3. The van der Waals surface area contributed by atoms with Crippen molar-refractivity contribution in [3.05, 3.63) is 62.8 Å². The van der Waals surface area contributed by atoms with Gasteiger partial charge >= 0.3 is 0 Å². The molecule has 2 aliphatic heterocycles. The third kappa shape index (κ3) is 2.79. The first-order chi connectivity index (χ1) is 14.3. The van der Waals surface area contributed by atoms with Crippen LogP contribution in [0.4, 0.5) is 14.5 Å². The van der Waals surface area contributed by atoms with Crippen LogP contribution in [0.15, 0.2) is 35.1 Å². The lowest BCUT2D eigenvalue weighted by Crippen LogP contribution is -2.71. The second-order valence-corrected chi connectivity index (χ2v) is 8.73. The number of nitrogens with one attached hydrogen (secondary N) is 1. The molecule has 3 aromatic rings. The molecule has 3 heterocycles. The molecule has 0 unspecified atom stereocenters. The second-order valence-electron chi connectivity index (χ2n) is 8.33. The van der Waals surface area contributed by atoms with Crippen LogP contribution in [0.1, 0.15) is 5.56 Å². The van der Waals surface area contributed by atoms with Gasteiger partial charge in [-0.25, -0.2) is 8.78 Å². The predicted octanol–water partition coefficient (Wildman–Crippen LogP) is 3.75. The zero-order chi connectivity index (χ0) is 21.2. The fourth-order valence-electron chi connectivity index (χ4n) is 4.79. The summed E-state index contributed by atoms with van der Waals surface area (Å²) in [5, 5.41) is 9.24. The molecule has 1 N–H and O–H groups in total. The van der Waals surface area contributed by atoms with Crippen molar-refractivity contribution in [2.24, 2.45) is 5.41 Å². The van der Waals surface area contributed by atoms with Gasteiger partial charge in [0.25, 0.3) is 0 Å². The van der Waals surface area contributed by atoms with Crippen molar-refractivity contribution in [1.82, 2.24) is 9.88 Å². The zero-order valence-corrected chi connectivity index (χ0v) is 16.9. The Morgan fingerprint density at radius 2 is 1.90 bits per heavy atom. The van der Waals surface area contributed by atoms with E-state index in [2.05, 4.69) is 9.88 Å². The molecule has 1 spiro atoms. The molecule has 0 atom stereocenters. The molecule has 0 amide bonds. The van der Waals surface area contributed by atoms with Crippen molar-refractivity contribution in [3.63, 3.8) is 0 Å². The standard InChI is InChI=1S/C22H17ClF2N4O/c1-28-8-22(9-28)10-29(11-22)21-15(24)5-17-19(20(21)25)18(30)6-16(27-17)13-4-12(7-26)2-3-14(13)23/h2-6H,8-11H2,1H3,(H,27,30). The van der Waals surface area contributed by atoms with Crippen LogP contribution in [0.2, 0.25) is 5.02 Å². The lowest BCUT2D eigenvalue weighted by Gasteiger charge is -2.60. The van der Waals surface area contributed by atoms with E-state index >= 15 is 4.39 Å². The number of benzene rings is 2. The van der Waals surface area contributed by atoms with E-state index in [0.717, 1.165) is 19.2 Å². The third-order valence-corrected chi connectivity index (χ3v) is 6.28. The Labute approximate surface area is 176 Å². The molecular formula is C22H17ClF2N4O. The van der Waals surface area contributed by atoms with Gasteiger partial charge < -0.3 is 14.8 Å². The number of halogens is 3. The first-order valence-corrected chi connectivity index (χ1v) is 9.87. The number of likely N-dealkylation sites (tertiary alicyclic amines) is 1. The van der Waals surface area contributed by atoms with E-state index in [0.29, 0.717) is 34.9 Å². The smallest absolute Gasteiger partial charge is 0.193 e. The summed E-state index contributed by atoms with van der Waals surface area (Å²) >= 11 is 6.21. The summed E-state index contributed by atoms with van der Waals surface area (Å²) in [6.45, 7) is 2.96. The number of nitriles is 1. The lowest BCUT2D eigenvalue weighted by atomic mass is 9.73. The SMILES string of the molecule is CN1CC2(C1)CN(c1c(F)cc3[nH]c(-c4cc(C#N)ccc4Cl)cc(=O)c3c1F)C2. The largest absolute Gasteiger partial charge is 0.365 e. The average molecular weight is 427 g/mol. The van der Waals surface area contributed by atoms with Gasteiger partial charge in [0, 0.05) is 54.3 Å². The van der Waals surface area contributed by atoms with Gasteiger partial charge in [-0.05, 0) is 25.2 Å². The molecule has 30 heavy (non-hydrogen) atoms. The highest BCUT2D eigenvalue weighted by atomic mass is 35.5. The summed E-state index contributed by atoms with van der Waals surface area (Å²) in [5.41, 5.74) is 0.492. The van der Waals surface area contributed by atoms with Crippen LogP contribution in [0.3, 0.4) is 0 Å². The van der Waals surface area contributed by atoms with Gasteiger partial charge in [-0.15, -0.1) is 0 Å². The highest BCUT2D eigenvalue weighted by molar-refractivity contribution is 6.33. The van der Waals surface area contributed by atoms with E-state index in [1.54, 1.807) is 17.0 Å². The molecular weight excluding hydrogens is 410 g/mol. The maximum atomic E-state index is 15.3. The first-order valence-electron chi connectivity index (χ1n) is 9.49. The Hall–Kier alpha value is -2.95. The number of anilines is 1. The molecule has 0 bridgehead atoms. The summed E-state index contributed by atoms with van der Waals surface area (Å²) in [6, 6.07) is 9.01. The van der Waals surface area contributed by atoms with Gasteiger partial charge in [0.15, 0.2) is 17.1 Å². The fraction of sp³-hybridized carbons (Fsp3) is 0.273. The molecule has 5 nitrogen and oxygen atoms in total. The minimum atomic E-state index is -0.850. The van der Waals surface area contributed by atoms with Crippen molar-refractivity contribution in [2.75, 3.05) is 38.1 Å². The molecule has 0 saturated carbocycles. The third-order valence-electron chi connectivity index (χ3n) is 5.95. The maximum absolute atomic E-state index is 15.3. The number of aromatic nitrogens is 1. The predicted molar refractivity (Wildman–Crippen MR) is 112 cm³/mol. The second kappa shape index (κ2) is 6.53. The Kier molecular flexibility index (Phi) is 4.14. The summed E-state index contributed by atoms with van der Waals surface area (Å²) in [4.78, 5) is 19.5. The molecule has 1 aromatic heterocycles. The average Bonchev–Trinajstić information content (AvgIpc) is 2.64. The molecule has 2 fully saturated rings. The van der Waals surface area contributed by atoms with E-state index in [9.17, 15) is 9.18 Å². The molecule has 2 aliphatic rings. The lowest BCUT2D eigenvalue weighted by molar-refractivity contribution is -0.00301. The monoisotopic (exact) mass is 426 g/mol. The van der Waals surface area contributed by atoms with E-state index in [1.807, 2.05) is 13.1 Å². The number of aromatic amines is 1. The highest BCUT2D eigenvalue weighted by Gasteiger charge is 2.51. The van der Waals surface area contributed by atoms with Gasteiger partial charge in [-0.1, -0.05) is 11.6 Å². The van der Waals surface area contributed by atoms with Crippen LogP contribution in [0.25, 0.3) is 22.2 Å². The van der Waals surface area contributed by atoms with Crippen molar-refractivity contribution in [2.45, 2.75) is 0 Å². The van der Waals surface area contributed by atoms with E-state index in [1.165, 1.54) is 12.1 Å². The zero-order valence-electron chi connectivity index (χ0n) is 16.1. The highest BCUT2D eigenvalue weighted by Crippen LogP contribution is 2.43. The summed E-state index contributed by atoms with van der Waals surface area (Å²) in [5.74, 6) is -1.57. The van der Waals surface area contributed by atoms with Crippen molar-refractivity contribution < 1.29 is 8.78 Å². The molecule has 152 valence electrons. The maximum Gasteiger partial charge on any atom is 0.193 e. The van der Waals surface area contributed by atoms with E-state index in [4.69, 9.17) is 16.9 Å². The molecule has 8 heteroatoms. The van der Waals surface area contributed by atoms with Crippen LogP contribution in [0.5, 0.6) is 0 Å². The number of hydrogen-bond acceptors (Lipinski definition) is 4. The van der Waals surface area contributed by atoms with Gasteiger partial charge in [0.05, 0.1) is 28.2 Å². The molecule has 2 saturated heterocycles. The van der Waals surface area contributed by atoms with E-state index in [-0.39, 0.29) is 22.0 Å². The minimum absolute atomic E-state index is 0.0493. The molecule has 0 radical (unpaired) electrons. The van der Waals surface area contributed by atoms with Gasteiger partial charge in [0.1, 0.15) is 5.69 Å². The summed E-state index contributed by atoms with van der Waals surface area (Å²) < 4.78 is 30.1. The van der Waals surface area contributed by atoms with Crippen molar-refractivity contribution >= 4 is 28.2 Å². The van der Waals surface area contributed by atoms with Crippen LogP contribution >= 0.6 is 11.6 Å². The topological polar surface area (TPSA) is 63.1 Å². The molecule has 2 aromatic carbocycles. The normalized spacial score (nSPS) is 17.6. The quantitative estimate of drug-likeness (QED) is 0.678. The Morgan fingerprint density at radius 3 is 2.57 bits per heavy atom. The first kappa shape index (κ1) is 19.0. The number of pyridine rings is 1. The summed E-state index contributed by atoms with van der Waals surface area (Å²) in [6.07, 6.45) is 0. The van der Waals surface area contributed by atoms with Crippen LogP contribution in [-0.2, 0) is 0 Å². The van der Waals surface area contributed by atoms with E-state index < -0.39 is 17.1 Å².